The molecule has 0 spiro atoms. The summed E-state index contributed by atoms with van der Waals surface area (Å²) in [4.78, 5) is 14.4. The fourth-order valence-electron chi connectivity index (χ4n) is 2.31. The summed E-state index contributed by atoms with van der Waals surface area (Å²) >= 11 is 5.86. The minimum Gasteiger partial charge on any atom is -0.462 e. The second-order valence-corrected chi connectivity index (χ2v) is 6.07. The second-order valence-electron chi connectivity index (χ2n) is 5.85. The molecule has 1 aliphatic rings. The fourth-order valence-corrected chi connectivity index (χ4v) is 2.54. The first kappa shape index (κ1) is 15.3. The van der Waals surface area contributed by atoms with Gasteiger partial charge in [0.05, 0.1) is 12.2 Å². The maximum absolute atomic E-state index is 11.6. The van der Waals surface area contributed by atoms with Crippen molar-refractivity contribution in [2.75, 3.05) is 6.61 Å². The van der Waals surface area contributed by atoms with Gasteiger partial charge in [0.2, 0.25) is 0 Å². The van der Waals surface area contributed by atoms with Crippen molar-refractivity contribution in [3.63, 3.8) is 0 Å². The largest absolute Gasteiger partial charge is 0.462 e. The van der Waals surface area contributed by atoms with Crippen molar-refractivity contribution < 1.29 is 9.53 Å². The highest BCUT2D eigenvalue weighted by molar-refractivity contribution is 6.13. The molecular formula is C16H22ClNO2. The lowest BCUT2D eigenvalue weighted by Crippen LogP contribution is -2.13. The van der Waals surface area contributed by atoms with Gasteiger partial charge >= 0.3 is 5.97 Å². The fraction of sp³-hybridized carbons (Fsp3) is 0.562. The predicted octanol–water partition coefficient (Wildman–Crippen LogP) is 4.23. The Bertz CT molecular complexity index is 454. The van der Waals surface area contributed by atoms with Gasteiger partial charge in [0.15, 0.2) is 0 Å². The summed E-state index contributed by atoms with van der Waals surface area (Å²) in [6, 6.07) is 7.62. The van der Waals surface area contributed by atoms with Crippen LogP contribution in [0.4, 0.5) is 0 Å². The topological polar surface area (TPSA) is 38.3 Å². The first-order chi connectivity index (χ1) is 9.58. The molecule has 3 nitrogen and oxygen atoms in total. The highest BCUT2D eigenvalue weighted by Crippen LogP contribution is 2.49. The number of hydrogen-bond donors (Lipinski definition) is 1. The molecule has 0 aromatic heterocycles. The Morgan fingerprint density at radius 1 is 1.40 bits per heavy atom. The molecule has 1 saturated carbocycles. The molecule has 110 valence electrons. The van der Waals surface area contributed by atoms with Crippen molar-refractivity contribution >= 4 is 17.7 Å². The van der Waals surface area contributed by atoms with Crippen LogP contribution in [0.15, 0.2) is 24.3 Å². The molecule has 20 heavy (non-hydrogen) atoms. The zero-order valence-electron chi connectivity index (χ0n) is 12.1. The number of carbonyl (C=O) groups is 1. The molecule has 4 heteroatoms. The lowest BCUT2D eigenvalue weighted by molar-refractivity contribution is 0.0526. The standard InChI is InChI=1S/C16H22ClNO2/c1-3-20-15(19)13-6-4-12(5-7-13)14(18-17)8-9-16(2)10-11-16/h4-7,14,18H,3,8-11H2,1-2H3/t14-/m1/s1. The van der Waals surface area contributed by atoms with Crippen LogP contribution in [0, 0.1) is 5.41 Å². The van der Waals surface area contributed by atoms with Crippen LogP contribution in [0.5, 0.6) is 0 Å². The van der Waals surface area contributed by atoms with E-state index in [4.69, 9.17) is 16.5 Å². The molecule has 0 aliphatic heterocycles. The lowest BCUT2D eigenvalue weighted by atomic mass is 9.95. The zero-order valence-corrected chi connectivity index (χ0v) is 12.9. The molecule has 0 saturated heterocycles. The van der Waals surface area contributed by atoms with E-state index in [-0.39, 0.29) is 12.0 Å². The van der Waals surface area contributed by atoms with Crippen molar-refractivity contribution in [1.29, 1.82) is 0 Å². The third-order valence-electron chi connectivity index (χ3n) is 4.10. The minimum absolute atomic E-state index is 0.130. The third kappa shape index (κ3) is 3.97. The summed E-state index contributed by atoms with van der Waals surface area (Å²) in [6.45, 7) is 4.52. The number of carbonyl (C=O) groups excluding carboxylic acids is 1. The molecule has 1 fully saturated rings. The van der Waals surface area contributed by atoms with E-state index in [1.165, 1.54) is 19.3 Å². The number of nitrogens with one attached hydrogen (secondary N) is 1. The molecule has 0 heterocycles. The summed E-state index contributed by atoms with van der Waals surface area (Å²) in [5.41, 5.74) is 2.21. The predicted molar refractivity (Wildman–Crippen MR) is 80.7 cm³/mol. The second kappa shape index (κ2) is 6.59. The van der Waals surface area contributed by atoms with E-state index in [0.717, 1.165) is 12.0 Å². The molecule has 1 aliphatic carbocycles. The zero-order chi connectivity index (χ0) is 14.6. The molecule has 0 bridgehead atoms. The molecule has 0 radical (unpaired) electrons. The molecule has 0 unspecified atom stereocenters. The van der Waals surface area contributed by atoms with Crippen molar-refractivity contribution in [2.45, 2.75) is 45.6 Å². The van der Waals surface area contributed by atoms with Crippen LogP contribution in [0.3, 0.4) is 0 Å². The Labute approximate surface area is 125 Å². The van der Waals surface area contributed by atoms with Gasteiger partial charge in [-0.05, 0) is 67.5 Å². The van der Waals surface area contributed by atoms with Crippen LogP contribution < -0.4 is 4.84 Å². The van der Waals surface area contributed by atoms with Crippen LogP contribution in [0.1, 0.15) is 61.5 Å². The number of benzene rings is 1. The SMILES string of the molecule is CCOC(=O)c1ccc([C@@H](CCC2(C)CC2)NCl)cc1. The summed E-state index contributed by atoms with van der Waals surface area (Å²) < 4.78 is 4.97. The quantitative estimate of drug-likeness (QED) is 0.604. The van der Waals surface area contributed by atoms with Gasteiger partial charge in [-0.15, -0.1) is 0 Å². The third-order valence-corrected chi connectivity index (χ3v) is 4.36. The smallest absolute Gasteiger partial charge is 0.338 e. The van der Waals surface area contributed by atoms with Gasteiger partial charge in [-0.2, -0.15) is 0 Å². The normalized spacial score (nSPS) is 17.6. The number of esters is 1. The molecule has 1 aromatic carbocycles. The van der Waals surface area contributed by atoms with E-state index < -0.39 is 0 Å². The Kier molecular flexibility index (Phi) is 5.06. The molecular weight excluding hydrogens is 274 g/mol. The number of rotatable bonds is 7. The van der Waals surface area contributed by atoms with Crippen molar-refractivity contribution in [1.82, 2.24) is 4.84 Å². The van der Waals surface area contributed by atoms with Crippen LogP contribution in [0.2, 0.25) is 0 Å². The first-order valence-electron chi connectivity index (χ1n) is 7.21. The van der Waals surface area contributed by atoms with Gasteiger partial charge in [-0.1, -0.05) is 19.1 Å². The van der Waals surface area contributed by atoms with Crippen LogP contribution >= 0.6 is 11.8 Å². The molecule has 1 atom stereocenters. The minimum atomic E-state index is -0.278. The van der Waals surface area contributed by atoms with Crippen LogP contribution in [-0.4, -0.2) is 12.6 Å². The highest BCUT2D eigenvalue weighted by atomic mass is 35.5. The van der Waals surface area contributed by atoms with Crippen molar-refractivity contribution in [3.05, 3.63) is 35.4 Å². The van der Waals surface area contributed by atoms with Gasteiger partial charge in [-0.3, -0.25) is 0 Å². The van der Waals surface area contributed by atoms with Crippen LogP contribution in [-0.2, 0) is 4.74 Å². The highest BCUT2D eigenvalue weighted by Gasteiger charge is 2.37. The van der Waals surface area contributed by atoms with Gasteiger partial charge in [-0.25, -0.2) is 9.63 Å². The lowest BCUT2D eigenvalue weighted by Gasteiger charge is -2.17. The summed E-state index contributed by atoms with van der Waals surface area (Å²) in [5, 5.41) is 0. The van der Waals surface area contributed by atoms with E-state index in [9.17, 15) is 4.79 Å². The Morgan fingerprint density at radius 2 is 2.05 bits per heavy atom. The Hall–Kier alpha value is -1.06. The van der Waals surface area contributed by atoms with Gasteiger partial charge in [0, 0.05) is 6.04 Å². The average Bonchev–Trinajstić information content (AvgIpc) is 3.18. The Balaban J connectivity index is 1.97. The van der Waals surface area contributed by atoms with Gasteiger partial charge < -0.3 is 4.74 Å². The number of ether oxygens (including phenoxy) is 1. The summed E-state index contributed by atoms with van der Waals surface area (Å²) in [6.07, 6.45) is 4.84. The van der Waals surface area contributed by atoms with Crippen molar-refractivity contribution in [2.24, 2.45) is 5.41 Å². The van der Waals surface area contributed by atoms with E-state index in [1.54, 1.807) is 19.1 Å². The van der Waals surface area contributed by atoms with E-state index >= 15 is 0 Å². The maximum atomic E-state index is 11.6. The first-order valence-corrected chi connectivity index (χ1v) is 7.59. The number of hydrogen-bond acceptors (Lipinski definition) is 3. The van der Waals surface area contributed by atoms with Crippen LogP contribution in [0.25, 0.3) is 0 Å². The Morgan fingerprint density at radius 3 is 2.55 bits per heavy atom. The van der Waals surface area contributed by atoms with Crippen molar-refractivity contribution in [3.8, 4) is 0 Å². The molecule has 2 rings (SSSR count). The summed E-state index contributed by atoms with van der Waals surface area (Å²) in [7, 11) is 0. The monoisotopic (exact) mass is 295 g/mol. The van der Waals surface area contributed by atoms with Gasteiger partial charge in [0.1, 0.15) is 0 Å². The average molecular weight is 296 g/mol. The maximum Gasteiger partial charge on any atom is 0.338 e. The molecule has 1 N–H and O–H groups in total. The molecule has 0 amide bonds. The van der Waals surface area contributed by atoms with E-state index in [1.807, 2.05) is 12.1 Å². The van der Waals surface area contributed by atoms with E-state index in [0.29, 0.717) is 17.6 Å². The van der Waals surface area contributed by atoms with Gasteiger partial charge in [0.25, 0.3) is 0 Å². The summed E-state index contributed by atoms with van der Waals surface area (Å²) in [5.74, 6) is -0.278. The molecule has 1 aromatic rings. The number of halogens is 1. The van der Waals surface area contributed by atoms with E-state index in [2.05, 4.69) is 11.8 Å².